The molecule has 0 saturated heterocycles. The summed E-state index contributed by atoms with van der Waals surface area (Å²) < 4.78 is 7.46. The first-order chi connectivity index (χ1) is 9.73. The van der Waals surface area contributed by atoms with E-state index in [0.717, 1.165) is 48.8 Å². The minimum atomic E-state index is 0.426. The Morgan fingerprint density at radius 3 is 2.65 bits per heavy atom. The minimum Gasteiger partial charge on any atom is -0.497 e. The maximum atomic E-state index is 6.03. The summed E-state index contributed by atoms with van der Waals surface area (Å²) >= 11 is 6.03. The van der Waals surface area contributed by atoms with E-state index >= 15 is 0 Å². The number of fused-ring (bicyclic) bond motifs is 1. The molecule has 0 fully saturated rings. The Balaban J connectivity index is 2.30. The van der Waals surface area contributed by atoms with Gasteiger partial charge in [0.15, 0.2) is 0 Å². The fourth-order valence-corrected chi connectivity index (χ4v) is 2.62. The first-order valence-corrected chi connectivity index (χ1v) is 7.58. The summed E-state index contributed by atoms with van der Waals surface area (Å²) in [7, 11) is 1.67. The van der Waals surface area contributed by atoms with Crippen molar-refractivity contribution >= 4 is 22.6 Å². The van der Waals surface area contributed by atoms with Gasteiger partial charge in [0.25, 0.3) is 0 Å². The molecule has 2 rings (SSSR count). The molecule has 5 heteroatoms. The van der Waals surface area contributed by atoms with Crippen LogP contribution < -0.4 is 4.74 Å². The lowest BCUT2D eigenvalue weighted by Crippen LogP contribution is -2.27. The second-order valence-electron chi connectivity index (χ2n) is 4.69. The van der Waals surface area contributed by atoms with Crippen LogP contribution >= 0.6 is 11.6 Å². The Kier molecular flexibility index (Phi) is 5.26. The molecule has 1 aromatic heterocycles. The molecule has 2 aromatic rings. The zero-order valence-corrected chi connectivity index (χ0v) is 13.2. The lowest BCUT2D eigenvalue weighted by molar-refractivity contribution is 0.291. The molecule has 0 amide bonds. The van der Waals surface area contributed by atoms with E-state index in [0.29, 0.717) is 5.88 Å². The van der Waals surface area contributed by atoms with Crippen LogP contribution in [0.5, 0.6) is 5.75 Å². The predicted octanol–water partition coefficient (Wildman–Crippen LogP) is 3.13. The van der Waals surface area contributed by atoms with Crippen molar-refractivity contribution < 1.29 is 4.74 Å². The van der Waals surface area contributed by atoms with Gasteiger partial charge < -0.3 is 14.2 Å². The van der Waals surface area contributed by atoms with Gasteiger partial charge in [0.05, 0.1) is 24.0 Å². The molecule has 110 valence electrons. The number of hydrogen-bond acceptors (Lipinski definition) is 3. The number of alkyl halides is 1. The van der Waals surface area contributed by atoms with E-state index in [-0.39, 0.29) is 0 Å². The first-order valence-electron chi connectivity index (χ1n) is 7.04. The van der Waals surface area contributed by atoms with Crippen LogP contribution in [0.1, 0.15) is 19.7 Å². The summed E-state index contributed by atoms with van der Waals surface area (Å²) in [6.45, 7) is 8.41. The number of halogens is 1. The van der Waals surface area contributed by atoms with Crippen molar-refractivity contribution in [2.45, 2.75) is 26.3 Å². The number of aromatic nitrogens is 2. The lowest BCUT2D eigenvalue weighted by atomic mass is 10.3. The third kappa shape index (κ3) is 3.07. The van der Waals surface area contributed by atoms with Gasteiger partial charge >= 0.3 is 0 Å². The summed E-state index contributed by atoms with van der Waals surface area (Å²) in [5.41, 5.74) is 2.06. The molecule has 0 N–H and O–H groups in total. The predicted molar refractivity (Wildman–Crippen MR) is 83.6 cm³/mol. The van der Waals surface area contributed by atoms with Gasteiger partial charge in [-0.15, -0.1) is 11.6 Å². The van der Waals surface area contributed by atoms with E-state index in [4.69, 9.17) is 16.3 Å². The van der Waals surface area contributed by atoms with Gasteiger partial charge in [-0.25, -0.2) is 4.98 Å². The largest absolute Gasteiger partial charge is 0.497 e. The summed E-state index contributed by atoms with van der Waals surface area (Å²) in [6, 6.07) is 5.98. The van der Waals surface area contributed by atoms with Crippen LogP contribution in [0.2, 0.25) is 0 Å². The monoisotopic (exact) mass is 295 g/mol. The number of rotatable bonds is 7. The average Bonchev–Trinajstić information content (AvgIpc) is 2.85. The van der Waals surface area contributed by atoms with Crippen molar-refractivity contribution in [1.82, 2.24) is 14.5 Å². The van der Waals surface area contributed by atoms with E-state index in [2.05, 4.69) is 34.4 Å². The molecule has 1 heterocycles. The van der Waals surface area contributed by atoms with Gasteiger partial charge in [0.1, 0.15) is 11.6 Å². The molecule has 20 heavy (non-hydrogen) atoms. The van der Waals surface area contributed by atoms with E-state index in [1.165, 1.54) is 0 Å². The molecule has 0 saturated carbocycles. The van der Waals surface area contributed by atoms with E-state index in [1.807, 2.05) is 12.1 Å². The van der Waals surface area contributed by atoms with E-state index in [1.54, 1.807) is 7.11 Å². The van der Waals surface area contributed by atoms with Gasteiger partial charge in [-0.2, -0.15) is 0 Å². The quantitative estimate of drug-likeness (QED) is 0.735. The molecule has 0 bridgehead atoms. The normalized spacial score (nSPS) is 11.4. The van der Waals surface area contributed by atoms with Crippen LogP contribution in [-0.4, -0.2) is 41.2 Å². The van der Waals surface area contributed by atoms with E-state index < -0.39 is 0 Å². The standard InChI is InChI=1S/C15H22ClN3O/c1-4-18(5-2)8-9-19-14-7-6-12(20-3)10-13(14)17-15(19)11-16/h6-7,10H,4-5,8-9,11H2,1-3H3. The zero-order valence-electron chi connectivity index (χ0n) is 12.4. The fourth-order valence-electron chi connectivity index (χ4n) is 2.42. The fraction of sp³-hybridized carbons (Fsp3) is 0.533. The summed E-state index contributed by atoms with van der Waals surface area (Å²) in [6.07, 6.45) is 0. The van der Waals surface area contributed by atoms with Crippen LogP contribution in [0, 0.1) is 0 Å². The number of likely N-dealkylation sites (N-methyl/N-ethyl adjacent to an activating group) is 1. The molecule has 0 radical (unpaired) electrons. The molecule has 0 unspecified atom stereocenters. The summed E-state index contributed by atoms with van der Waals surface area (Å²) in [5, 5.41) is 0. The second-order valence-corrected chi connectivity index (χ2v) is 4.96. The van der Waals surface area contributed by atoms with Gasteiger partial charge in [0, 0.05) is 19.2 Å². The molecule has 0 aliphatic heterocycles. The highest BCUT2D eigenvalue weighted by Gasteiger charge is 2.11. The van der Waals surface area contributed by atoms with Crippen molar-refractivity contribution in [2.24, 2.45) is 0 Å². The Hall–Kier alpha value is -1.26. The van der Waals surface area contributed by atoms with Gasteiger partial charge in [-0.3, -0.25) is 0 Å². The molecule has 4 nitrogen and oxygen atoms in total. The maximum absolute atomic E-state index is 6.03. The maximum Gasteiger partial charge on any atom is 0.124 e. The van der Waals surface area contributed by atoms with Crippen molar-refractivity contribution in [2.75, 3.05) is 26.7 Å². The van der Waals surface area contributed by atoms with Crippen LogP contribution in [0.25, 0.3) is 11.0 Å². The Labute approximate surface area is 125 Å². The minimum absolute atomic E-state index is 0.426. The smallest absolute Gasteiger partial charge is 0.124 e. The topological polar surface area (TPSA) is 30.3 Å². The zero-order chi connectivity index (χ0) is 14.5. The second kappa shape index (κ2) is 6.95. The number of ether oxygens (including phenoxy) is 1. The molecule has 0 atom stereocenters. The third-order valence-electron chi connectivity index (χ3n) is 3.69. The lowest BCUT2D eigenvalue weighted by Gasteiger charge is -2.19. The first kappa shape index (κ1) is 15.1. The van der Waals surface area contributed by atoms with Crippen molar-refractivity contribution in [3.05, 3.63) is 24.0 Å². The van der Waals surface area contributed by atoms with Crippen LogP contribution in [-0.2, 0) is 12.4 Å². The van der Waals surface area contributed by atoms with Crippen molar-refractivity contribution in [3.63, 3.8) is 0 Å². The SMILES string of the molecule is CCN(CC)CCn1c(CCl)nc2cc(OC)ccc21. The number of methoxy groups -OCH3 is 1. The van der Waals surface area contributed by atoms with Crippen molar-refractivity contribution in [1.29, 1.82) is 0 Å². The van der Waals surface area contributed by atoms with Gasteiger partial charge in [0.2, 0.25) is 0 Å². The summed E-state index contributed by atoms with van der Waals surface area (Å²) in [4.78, 5) is 7.00. The van der Waals surface area contributed by atoms with Crippen LogP contribution in [0.3, 0.4) is 0 Å². The van der Waals surface area contributed by atoms with Crippen LogP contribution in [0.4, 0.5) is 0 Å². The van der Waals surface area contributed by atoms with Crippen LogP contribution in [0.15, 0.2) is 18.2 Å². The van der Waals surface area contributed by atoms with E-state index in [9.17, 15) is 0 Å². The third-order valence-corrected chi connectivity index (χ3v) is 3.93. The highest BCUT2D eigenvalue weighted by molar-refractivity contribution is 6.16. The number of hydrogen-bond donors (Lipinski definition) is 0. The summed E-state index contributed by atoms with van der Waals surface area (Å²) in [5.74, 6) is 2.17. The number of nitrogens with zero attached hydrogens (tertiary/aromatic N) is 3. The molecule has 1 aromatic carbocycles. The number of benzene rings is 1. The number of imidazole rings is 1. The Morgan fingerprint density at radius 2 is 2.05 bits per heavy atom. The van der Waals surface area contributed by atoms with Crippen molar-refractivity contribution in [3.8, 4) is 5.75 Å². The average molecular weight is 296 g/mol. The van der Waals surface area contributed by atoms with Gasteiger partial charge in [-0.05, 0) is 25.2 Å². The highest BCUT2D eigenvalue weighted by atomic mass is 35.5. The molecular formula is C15H22ClN3O. The molecule has 0 aliphatic rings. The highest BCUT2D eigenvalue weighted by Crippen LogP contribution is 2.22. The molecule has 0 spiro atoms. The van der Waals surface area contributed by atoms with Gasteiger partial charge in [-0.1, -0.05) is 13.8 Å². The Morgan fingerprint density at radius 1 is 1.30 bits per heavy atom. The Bertz CT molecular complexity index is 563. The molecular weight excluding hydrogens is 274 g/mol. The molecule has 0 aliphatic carbocycles.